The number of hydrogen-bond acceptors (Lipinski definition) is 4. The molecule has 5 rings (SSSR count). The van der Waals surface area contributed by atoms with Crippen molar-refractivity contribution in [2.24, 2.45) is 5.41 Å². The number of aliphatic hydroxyl groups excluding tert-OH is 1. The van der Waals surface area contributed by atoms with E-state index in [2.05, 4.69) is 23.2 Å². The summed E-state index contributed by atoms with van der Waals surface area (Å²) in [6.45, 7) is 5.88. The van der Waals surface area contributed by atoms with Crippen molar-refractivity contribution in [3.05, 3.63) is 75.8 Å². The normalized spacial score (nSPS) is 21.9. The smallest absolute Gasteiger partial charge is 0.280 e. The average Bonchev–Trinajstić information content (AvgIpc) is 3.19. The van der Waals surface area contributed by atoms with Gasteiger partial charge in [-0.1, -0.05) is 57.2 Å². The minimum absolute atomic E-state index is 0.106. The van der Waals surface area contributed by atoms with E-state index in [-0.39, 0.29) is 17.6 Å². The van der Waals surface area contributed by atoms with Crippen LogP contribution in [0.15, 0.2) is 53.3 Å². The fraction of sp³-hybridized carbons (Fsp3) is 0.364. The lowest BCUT2D eigenvalue weighted by atomic mass is 9.88. The third-order valence-electron chi connectivity index (χ3n) is 5.78. The summed E-state index contributed by atoms with van der Waals surface area (Å²) in [5.74, 6) is 0.429. The van der Waals surface area contributed by atoms with Crippen molar-refractivity contribution in [3.63, 3.8) is 0 Å². The minimum atomic E-state index is -0.841. The molecule has 0 amide bonds. The lowest BCUT2D eigenvalue weighted by molar-refractivity contribution is 0.0511. The monoisotopic (exact) mass is 361 g/mol. The van der Waals surface area contributed by atoms with E-state index in [9.17, 15) is 9.90 Å². The molecule has 2 aromatic carbocycles. The highest BCUT2D eigenvalue weighted by atomic mass is 16.3. The van der Waals surface area contributed by atoms with Crippen molar-refractivity contribution in [2.45, 2.75) is 45.4 Å². The quantitative estimate of drug-likeness (QED) is 0.713. The van der Waals surface area contributed by atoms with Crippen LogP contribution in [0.1, 0.15) is 49.9 Å². The Labute approximate surface area is 157 Å². The van der Waals surface area contributed by atoms with Crippen molar-refractivity contribution < 1.29 is 5.11 Å². The van der Waals surface area contributed by atoms with Crippen LogP contribution in [0.2, 0.25) is 0 Å². The van der Waals surface area contributed by atoms with E-state index in [1.54, 1.807) is 4.68 Å². The van der Waals surface area contributed by atoms with E-state index in [1.165, 1.54) is 11.1 Å². The van der Waals surface area contributed by atoms with E-state index in [1.807, 2.05) is 51.1 Å². The summed E-state index contributed by atoms with van der Waals surface area (Å²) >= 11 is 0. The molecule has 0 saturated carbocycles. The van der Waals surface area contributed by atoms with Crippen LogP contribution >= 0.6 is 0 Å². The molecule has 5 nitrogen and oxygen atoms in total. The van der Waals surface area contributed by atoms with Gasteiger partial charge in [0.2, 0.25) is 0 Å². The average molecular weight is 361 g/mol. The maximum atomic E-state index is 13.4. The van der Waals surface area contributed by atoms with Gasteiger partial charge >= 0.3 is 0 Å². The zero-order valence-electron chi connectivity index (χ0n) is 15.8. The van der Waals surface area contributed by atoms with Gasteiger partial charge in [-0.15, -0.1) is 0 Å². The van der Waals surface area contributed by atoms with Gasteiger partial charge in [-0.3, -0.25) is 9.80 Å². The molecule has 1 fully saturated rings. The Kier molecular flexibility index (Phi) is 3.32. The molecule has 1 aliphatic heterocycles. The van der Waals surface area contributed by atoms with Crippen molar-refractivity contribution in [3.8, 4) is 0 Å². The van der Waals surface area contributed by atoms with Crippen LogP contribution in [-0.4, -0.2) is 20.8 Å². The Morgan fingerprint density at radius 3 is 2.59 bits per heavy atom. The number of para-hydroxylation sites is 1. The van der Waals surface area contributed by atoms with E-state index in [4.69, 9.17) is 4.98 Å². The predicted molar refractivity (Wildman–Crippen MR) is 105 cm³/mol. The molecular weight excluding hydrogens is 338 g/mol. The van der Waals surface area contributed by atoms with Crippen molar-refractivity contribution in [1.29, 1.82) is 0 Å². The Balaban J connectivity index is 1.71. The molecule has 2 heterocycles. The number of fused-ring (bicyclic) bond motifs is 4. The summed E-state index contributed by atoms with van der Waals surface area (Å²) in [7, 11) is 0. The summed E-state index contributed by atoms with van der Waals surface area (Å²) in [5.41, 5.74) is 2.73. The Morgan fingerprint density at radius 2 is 1.81 bits per heavy atom. The molecule has 0 radical (unpaired) electrons. The van der Waals surface area contributed by atoms with Crippen LogP contribution in [-0.2, 0) is 6.42 Å². The first kappa shape index (κ1) is 16.5. The molecule has 1 aromatic heterocycles. The maximum absolute atomic E-state index is 13.4. The molecule has 138 valence electrons. The van der Waals surface area contributed by atoms with Gasteiger partial charge in [0.15, 0.2) is 5.82 Å². The number of nitrogens with zero attached hydrogens (tertiary/aromatic N) is 3. The van der Waals surface area contributed by atoms with Crippen molar-refractivity contribution in [1.82, 2.24) is 9.66 Å². The molecular formula is C22H23N3O2. The molecule has 3 aromatic rings. The minimum Gasteiger partial charge on any atom is -0.385 e. The highest BCUT2D eigenvalue weighted by molar-refractivity contribution is 5.77. The number of benzene rings is 2. The molecule has 1 N–H and O–H groups in total. The second-order valence-corrected chi connectivity index (χ2v) is 8.67. The molecule has 3 atom stereocenters. The highest BCUT2D eigenvalue weighted by Gasteiger charge is 2.56. The van der Waals surface area contributed by atoms with Crippen molar-refractivity contribution in [2.75, 3.05) is 5.01 Å². The largest absolute Gasteiger partial charge is 0.385 e. The molecule has 5 heteroatoms. The van der Waals surface area contributed by atoms with Gasteiger partial charge in [0, 0.05) is 0 Å². The standard InChI is InChI=1S/C22H23N3O2/c1-22(2,3)19(26)20-23-16-11-7-6-10-15(16)21(27)25(20)24-17-12-13-8-4-5-9-14(13)18(17)24/h4-11,17-19,26H,12H2,1-3H3/t17-,18+,19-,24?/m1/s1. The molecule has 0 unspecified atom stereocenters. The highest BCUT2D eigenvalue weighted by Crippen LogP contribution is 2.50. The van der Waals surface area contributed by atoms with Crippen LogP contribution in [0, 0.1) is 5.41 Å². The molecule has 1 saturated heterocycles. The van der Waals surface area contributed by atoms with Crippen LogP contribution in [0.3, 0.4) is 0 Å². The zero-order chi connectivity index (χ0) is 18.9. The lowest BCUT2D eigenvalue weighted by Crippen LogP contribution is -2.38. The van der Waals surface area contributed by atoms with Gasteiger partial charge < -0.3 is 5.11 Å². The number of aromatic nitrogens is 2. The molecule has 1 aliphatic carbocycles. The third-order valence-corrected chi connectivity index (χ3v) is 5.78. The Morgan fingerprint density at radius 1 is 1.11 bits per heavy atom. The summed E-state index contributed by atoms with van der Waals surface area (Å²) < 4.78 is 1.64. The van der Waals surface area contributed by atoms with Gasteiger partial charge in [-0.25, -0.2) is 9.66 Å². The number of hydrogen-bond donors (Lipinski definition) is 1. The zero-order valence-corrected chi connectivity index (χ0v) is 15.8. The van der Waals surface area contributed by atoms with E-state index in [0.29, 0.717) is 16.7 Å². The van der Waals surface area contributed by atoms with Gasteiger partial charge in [0.25, 0.3) is 5.56 Å². The fourth-order valence-electron chi connectivity index (χ4n) is 4.26. The van der Waals surface area contributed by atoms with Gasteiger partial charge in [0.05, 0.1) is 23.0 Å². The molecule has 2 aliphatic rings. The number of rotatable bonds is 2. The van der Waals surface area contributed by atoms with E-state index >= 15 is 0 Å². The Bertz CT molecular complexity index is 1110. The molecule has 27 heavy (non-hydrogen) atoms. The first-order valence-corrected chi connectivity index (χ1v) is 9.44. The summed E-state index contributed by atoms with van der Waals surface area (Å²) in [5, 5.41) is 13.7. The SMILES string of the molecule is CC(C)(C)[C@H](O)c1nc2ccccc2c(=O)n1N1[C@@H]2Cc3ccccc3[C@@H]21. The van der Waals surface area contributed by atoms with E-state index in [0.717, 1.165) is 6.42 Å². The first-order valence-electron chi connectivity index (χ1n) is 9.44. The van der Waals surface area contributed by atoms with Crippen LogP contribution in [0.4, 0.5) is 0 Å². The van der Waals surface area contributed by atoms with Crippen molar-refractivity contribution >= 4 is 10.9 Å². The first-order chi connectivity index (χ1) is 12.9. The second-order valence-electron chi connectivity index (χ2n) is 8.67. The molecule has 0 spiro atoms. The maximum Gasteiger partial charge on any atom is 0.280 e. The second kappa shape index (κ2) is 5.42. The summed E-state index contributed by atoms with van der Waals surface area (Å²) in [4.78, 5) is 18.1. The van der Waals surface area contributed by atoms with E-state index < -0.39 is 11.5 Å². The Hall–Kier alpha value is -2.66. The summed E-state index contributed by atoms with van der Waals surface area (Å²) in [6, 6.07) is 16.2. The number of aliphatic hydroxyl groups is 1. The van der Waals surface area contributed by atoms with Gasteiger partial charge in [0.1, 0.15) is 6.10 Å². The van der Waals surface area contributed by atoms with Gasteiger partial charge in [-0.05, 0) is 35.1 Å². The lowest BCUT2D eigenvalue weighted by Gasteiger charge is -2.28. The predicted octanol–water partition coefficient (Wildman–Crippen LogP) is 3.09. The van der Waals surface area contributed by atoms with Gasteiger partial charge in [-0.2, -0.15) is 0 Å². The fourth-order valence-corrected chi connectivity index (χ4v) is 4.26. The van der Waals surface area contributed by atoms with Crippen LogP contribution in [0.25, 0.3) is 10.9 Å². The topological polar surface area (TPSA) is 58.1 Å². The van der Waals surface area contributed by atoms with Crippen LogP contribution in [0.5, 0.6) is 0 Å². The third kappa shape index (κ3) is 2.34. The molecule has 0 bridgehead atoms. The summed E-state index contributed by atoms with van der Waals surface area (Å²) in [6.07, 6.45) is 0.0805. The van der Waals surface area contributed by atoms with Crippen LogP contribution < -0.4 is 10.6 Å².